The Morgan fingerprint density at radius 2 is 1.82 bits per heavy atom. The third kappa shape index (κ3) is 9.04. The van der Waals surface area contributed by atoms with Gasteiger partial charge in [0.05, 0.1) is 6.42 Å². The molecule has 2 nitrogen and oxygen atoms in total. The Morgan fingerprint density at radius 1 is 1.18 bits per heavy atom. The molecule has 0 atom stereocenters. The van der Waals surface area contributed by atoms with Crippen LogP contribution in [0.25, 0.3) is 0 Å². The van der Waals surface area contributed by atoms with E-state index in [0.717, 1.165) is 0 Å². The molecule has 60 valence electrons. The highest BCUT2D eigenvalue weighted by Gasteiger charge is 2.04. The molecule has 0 unspecified atom stereocenters. The van der Waals surface area contributed by atoms with Gasteiger partial charge in [0.25, 0.3) is 0 Å². The van der Waals surface area contributed by atoms with Crippen molar-refractivity contribution in [3.8, 4) is 23.7 Å². The summed E-state index contributed by atoms with van der Waals surface area (Å²) in [6.07, 6.45) is 0.393. The van der Waals surface area contributed by atoms with Gasteiger partial charge in [-0.25, -0.2) is 0 Å². The predicted octanol–water partition coefficient (Wildman–Crippen LogP) is 0.146. The van der Waals surface area contributed by atoms with Crippen molar-refractivity contribution in [3.63, 3.8) is 0 Å². The van der Waals surface area contributed by atoms with Gasteiger partial charge in [-0.15, -0.1) is 0 Å². The zero-order chi connectivity index (χ0) is 8.74. The summed E-state index contributed by atoms with van der Waals surface area (Å²) in [4.78, 5) is 0. The predicted molar refractivity (Wildman–Crippen MR) is 43.6 cm³/mol. The number of aliphatic hydroxyl groups excluding tert-OH is 1. The van der Waals surface area contributed by atoms with Gasteiger partial charge in [0.1, 0.15) is 12.2 Å². The lowest BCUT2D eigenvalue weighted by molar-refractivity contribution is 0.143. The van der Waals surface area contributed by atoms with Crippen LogP contribution in [0.1, 0.15) is 20.3 Å². The standard InChI is InChI=1S/C9H12O2/c1-9(2,11)7-5-3-4-6-8-10/h10-11H,3,8H2,1-2H3. The molecule has 0 aromatic carbocycles. The molecule has 0 aliphatic rings. The van der Waals surface area contributed by atoms with Crippen molar-refractivity contribution >= 4 is 0 Å². The highest BCUT2D eigenvalue weighted by atomic mass is 16.3. The van der Waals surface area contributed by atoms with E-state index in [-0.39, 0.29) is 6.61 Å². The molecule has 0 bridgehead atoms. The number of aliphatic hydroxyl groups is 2. The molecule has 0 aromatic heterocycles. The van der Waals surface area contributed by atoms with Crippen LogP contribution in [0.4, 0.5) is 0 Å². The lowest BCUT2D eigenvalue weighted by Gasteiger charge is -2.05. The number of hydrogen-bond donors (Lipinski definition) is 2. The first-order valence-electron chi connectivity index (χ1n) is 3.35. The molecule has 0 aliphatic heterocycles. The van der Waals surface area contributed by atoms with E-state index in [1.165, 1.54) is 0 Å². The Balaban J connectivity index is 3.74. The van der Waals surface area contributed by atoms with Crippen molar-refractivity contribution < 1.29 is 10.2 Å². The van der Waals surface area contributed by atoms with Crippen LogP contribution in [0.3, 0.4) is 0 Å². The molecule has 0 aromatic rings. The van der Waals surface area contributed by atoms with E-state index in [9.17, 15) is 0 Å². The van der Waals surface area contributed by atoms with Gasteiger partial charge >= 0.3 is 0 Å². The zero-order valence-corrected chi connectivity index (χ0v) is 6.81. The first kappa shape index (κ1) is 10.0. The third-order valence-corrected chi connectivity index (χ3v) is 0.775. The van der Waals surface area contributed by atoms with Crippen LogP contribution in [-0.2, 0) is 0 Å². The van der Waals surface area contributed by atoms with Gasteiger partial charge in [0, 0.05) is 0 Å². The van der Waals surface area contributed by atoms with E-state index in [1.807, 2.05) is 0 Å². The Morgan fingerprint density at radius 3 is 2.27 bits per heavy atom. The van der Waals surface area contributed by atoms with Crippen molar-refractivity contribution in [1.29, 1.82) is 0 Å². The minimum atomic E-state index is -0.944. The minimum absolute atomic E-state index is 0.135. The molecular formula is C9H12O2. The highest BCUT2D eigenvalue weighted by Crippen LogP contribution is 1.96. The number of hydrogen-bond acceptors (Lipinski definition) is 2. The van der Waals surface area contributed by atoms with E-state index in [1.54, 1.807) is 13.8 Å². The molecule has 2 heteroatoms. The van der Waals surface area contributed by atoms with Crippen molar-refractivity contribution in [1.82, 2.24) is 0 Å². The monoisotopic (exact) mass is 152 g/mol. The molecule has 0 aliphatic carbocycles. The largest absolute Gasteiger partial charge is 0.384 e. The van der Waals surface area contributed by atoms with Crippen LogP contribution in [0.5, 0.6) is 0 Å². The van der Waals surface area contributed by atoms with Crippen LogP contribution in [0.15, 0.2) is 0 Å². The minimum Gasteiger partial charge on any atom is -0.384 e. The molecule has 0 fully saturated rings. The summed E-state index contributed by atoms with van der Waals surface area (Å²) in [7, 11) is 0. The molecule has 0 saturated carbocycles. The van der Waals surface area contributed by atoms with Crippen LogP contribution in [-0.4, -0.2) is 22.4 Å². The summed E-state index contributed by atoms with van der Waals surface area (Å²) in [5, 5.41) is 17.4. The maximum atomic E-state index is 9.10. The van der Waals surface area contributed by atoms with Crippen molar-refractivity contribution in [2.75, 3.05) is 6.61 Å². The molecular weight excluding hydrogens is 140 g/mol. The molecule has 0 heterocycles. The van der Waals surface area contributed by atoms with E-state index in [2.05, 4.69) is 23.7 Å². The normalized spacial score (nSPS) is 9.09. The van der Waals surface area contributed by atoms with Crippen molar-refractivity contribution in [2.45, 2.75) is 25.9 Å². The summed E-state index contributed by atoms with van der Waals surface area (Å²) in [6, 6.07) is 0. The summed E-state index contributed by atoms with van der Waals surface area (Å²) >= 11 is 0. The molecule has 0 saturated heterocycles. The second kappa shape index (κ2) is 4.79. The summed E-state index contributed by atoms with van der Waals surface area (Å²) in [5.74, 6) is 10.4. The maximum absolute atomic E-state index is 9.10. The summed E-state index contributed by atoms with van der Waals surface area (Å²) < 4.78 is 0. The Bertz CT molecular complexity index is 214. The number of rotatable bonds is 0. The smallest absolute Gasteiger partial charge is 0.120 e. The van der Waals surface area contributed by atoms with Crippen molar-refractivity contribution in [2.24, 2.45) is 0 Å². The van der Waals surface area contributed by atoms with Gasteiger partial charge in [0.15, 0.2) is 0 Å². The molecule has 11 heavy (non-hydrogen) atoms. The van der Waals surface area contributed by atoms with Gasteiger partial charge in [-0.1, -0.05) is 23.7 Å². The molecule has 2 N–H and O–H groups in total. The first-order chi connectivity index (χ1) is 5.06. The molecule has 0 radical (unpaired) electrons. The second-order valence-electron chi connectivity index (χ2n) is 2.55. The SMILES string of the molecule is CC(C)(O)C#CCC#CCO. The lowest BCUT2D eigenvalue weighted by atomic mass is 10.1. The fourth-order valence-corrected chi connectivity index (χ4v) is 0.423. The summed E-state index contributed by atoms with van der Waals surface area (Å²) in [6.45, 7) is 3.09. The topological polar surface area (TPSA) is 40.5 Å². The van der Waals surface area contributed by atoms with E-state index in [4.69, 9.17) is 10.2 Å². The van der Waals surface area contributed by atoms with Gasteiger partial charge in [-0.05, 0) is 13.8 Å². The van der Waals surface area contributed by atoms with E-state index < -0.39 is 5.60 Å². The average Bonchev–Trinajstić information content (AvgIpc) is 1.85. The van der Waals surface area contributed by atoms with Gasteiger partial charge in [-0.3, -0.25) is 0 Å². The average molecular weight is 152 g/mol. The van der Waals surface area contributed by atoms with Gasteiger partial charge in [-0.2, -0.15) is 0 Å². The van der Waals surface area contributed by atoms with Gasteiger partial charge < -0.3 is 10.2 Å². The van der Waals surface area contributed by atoms with Crippen LogP contribution < -0.4 is 0 Å². The zero-order valence-electron chi connectivity index (χ0n) is 6.81. The Hall–Kier alpha value is -0.960. The maximum Gasteiger partial charge on any atom is 0.120 e. The molecule has 0 spiro atoms. The second-order valence-corrected chi connectivity index (χ2v) is 2.55. The molecule has 0 amide bonds. The lowest BCUT2D eigenvalue weighted by Crippen LogP contribution is -2.14. The highest BCUT2D eigenvalue weighted by molar-refractivity contribution is 5.16. The first-order valence-corrected chi connectivity index (χ1v) is 3.35. The van der Waals surface area contributed by atoms with Crippen LogP contribution in [0, 0.1) is 23.7 Å². The van der Waals surface area contributed by atoms with Crippen molar-refractivity contribution in [3.05, 3.63) is 0 Å². The van der Waals surface area contributed by atoms with Gasteiger partial charge in [0.2, 0.25) is 0 Å². The molecule has 0 rings (SSSR count). The quantitative estimate of drug-likeness (QED) is 0.485. The van der Waals surface area contributed by atoms with E-state index >= 15 is 0 Å². The Labute approximate surface area is 67.2 Å². The summed E-state index contributed by atoms with van der Waals surface area (Å²) in [5.41, 5.74) is -0.944. The van der Waals surface area contributed by atoms with Crippen LogP contribution >= 0.6 is 0 Å². The Kier molecular flexibility index (Phi) is 4.38. The van der Waals surface area contributed by atoms with Crippen LogP contribution in [0.2, 0.25) is 0 Å². The fraction of sp³-hybridized carbons (Fsp3) is 0.556. The van der Waals surface area contributed by atoms with E-state index in [0.29, 0.717) is 6.42 Å². The third-order valence-electron chi connectivity index (χ3n) is 0.775. The fourth-order valence-electron chi connectivity index (χ4n) is 0.423.